The topological polar surface area (TPSA) is 63.7 Å². The van der Waals surface area contributed by atoms with Crippen LogP contribution in [0.5, 0.6) is 5.88 Å². The Morgan fingerprint density at radius 2 is 2.17 bits per heavy atom. The minimum absolute atomic E-state index is 0.463. The number of hydrogen-bond acceptors (Lipinski definition) is 5. The number of hydrogen-bond donors (Lipinski definition) is 1. The first-order valence-electron chi connectivity index (χ1n) is 5.32. The van der Waals surface area contributed by atoms with Crippen molar-refractivity contribution in [2.75, 3.05) is 7.11 Å². The van der Waals surface area contributed by atoms with Crippen LogP contribution in [0.4, 0.5) is 0 Å². The Labute approximate surface area is 118 Å². The maximum absolute atomic E-state index is 5.19. The highest BCUT2D eigenvalue weighted by molar-refractivity contribution is 9.10. The lowest BCUT2D eigenvalue weighted by Gasteiger charge is -2.06. The number of aromatic nitrogens is 4. The van der Waals surface area contributed by atoms with Gasteiger partial charge in [-0.15, -0.1) is 10.2 Å². The lowest BCUT2D eigenvalue weighted by molar-refractivity contribution is 0.392. The molecular formula is C11H11BrN4OS. The molecule has 0 fully saturated rings. The van der Waals surface area contributed by atoms with Gasteiger partial charge in [0, 0.05) is 11.8 Å². The van der Waals surface area contributed by atoms with Crippen molar-refractivity contribution < 1.29 is 4.74 Å². The number of nitrogens with one attached hydrogen (secondary N) is 1. The van der Waals surface area contributed by atoms with E-state index >= 15 is 0 Å². The number of aryl methyl sites for hydroxylation is 1. The van der Waals surface area contributed by atoms with Crippen LogP contribution in [0.3, 0.4) is 0 Å². The Balaban J connectivity index is 2.50. The number of aromatic amines is 1. The first-order valence-corrected chi connectivity index (χ1v) is 6.52. The molecule has 5 nitrogen and oxygen atoms in total. The minimum Gasteiger partial charge on any atom is -0.480 e. The molecule has 18 heavy (non-hydrogen) atoms. The van der Waals surface area contributed by atoms with Gasteiger partial charge < -0.3 is 9.72 Å². The van der Waals surface area contributed by atoms with E-state index in [1.54, 1.807) is 19.2 Å². The molecule has 0 aliphatic rings. The number of ether oxygens (including phenoxy) is 1. The summed E-state index contributed by atoms with van der Waals surface area (Å²) in [6.07, 6.45) is 0.823. The number of halogens is 1. The van der Waals surface area contributed by atoms with Gasteiger partial charge in [-0.25, -0.2) is 4.98 Å². The molecule has 1 N–H and O–H groups in total. The van der Waals surface area contributed by atoms with E-state index in [-0.39, 0.29) is 0 Å². The van der Waals surface area contributed by atoms with Crippen LogP contribution in [-0.2, 0) is 6.42 Å². The van der Waals surface area contributed by atoms with E-state index in [2.05, 4.69) is 36.1 Å². The molecule has 0 unspecified atom stereocenters. The van der Waals surface area contributed by atoms with Gasteiger partial charge in [0.05, 0.1) is 11.6 Å². The molecule has 94 valence electrons. The molecule has 0 saturated heterocycles. The van der Waals surface area contributed by atoms with E-state index in [1.807, 2.05) is 6.92 Å². The zero-order chi connectivity index (χ0) is 13.1. The van der Waals surface area contributed by atoms with Crippen LogP contribution >= 0.6 is 28.1 Å². The van der Waals surface area contributed by atoms with Gasteiger partial charge in [-0.3, -0.25) is 0 Å². The molecule has 2 rings (SSSR count). The van der Waals surface area contributed by atoms with E-state index in [0.29, 0.717) is 22.0 Å². The van der Waals surface area contributed by atoms with E-state index < -0.39 is 0 Å². The molecule has 7 heteroatoms. The summed E-state index contributed by atoms with van der Waals surface area (Å²) >= 11 is 8.61. The molecule has 2 aromatic rings. The van der Waals surface area contributed by atoms with Crippen LogP contribution in [-0.4, -0.2) is 27.3 Å². The van der Waals surface area contributed by atoms with Gasteiger partial charge in [-0.05, 0) is 28.4 Å². The maximum atomic E-state index is 5.19. The molecule has 0 aliphatic carbocycles. The van der Waals surface area contributed by atoms with Crippen LogP contribution in [0, 0.1) is 4.64 Å². The largest absolute Gasteiger partial charge is 0.480 e. The summed E-state index contributed by atoms with van der Waals surface area (Å²) in [6, 6.07) is 3.52. The highest BCUT2D eigenvalue weighted by Gasteiger charge is 2.08. The smallest absolute Gasteiger partial charge is 0.233 e. The second kappa shape index (κ2) is 5.53. The lowest BCUT2D eigenvalue weighted by Crippen LogP contribution is -2.00. The number of methoxy groups -OCH3 is 1. The molecule has 0 bridgehead atoms. The van der Waals surface area contributed by atoms with Gasteiger partial charge >= 0.3 is 0 Å². The van der Waals surface area contributed by atoms with E-state index in [4.69, 9.17) is 17.0 Å². The Bertz CT molecular complexity index is 611. The second-order valence-corrected chi connectivity index (χ2v) is 4.68. The fraction of sp³-hybridized carbons (Fsp3) is 0.273. The van der Waals surface area contributed by atoms with E-state index in [0.717, 1.165) is 16.6 Å². The molecule has 2 aromatic heterocycles. The summed E-state index contributed by atoms with van der Waals surface area (Å²) in [5, 5.41) is 7.94. The normalized spacial score (nSPS) is 10.4. The predicted octanol–water partition coefficient (Wildman–Crippen LogP) is 2.93. The highest BCUT2D eigenvalue weighted by atomic mass is 79.9. The van der Waals surface area contributed by atoms with Crippen molar-refractivity contribution in [3.8, 4) is 17.4 Å². The van der Waals surface area contributed by atoms with Crippen LogP contribution in [0.25, 0.3) is 11.5 Å². The SMILES string of the molecule is CCc1[nH]c(-c2ccc(OC)nn2)nc(=S)c1Br. The molecule has 0 aromatic carbocycles. The fourth-order valence-electron chi connectivity index (χ4n) is 1.43. The standard InChI is InChI=1S/C11H11BrN4OS/c1-3-6-9(12)11(18)14-10(13-6)7-4-5-8(17-2)16-15-7/h4-5H,3H2,1-2H3,(H,13,14,18). The average molecular weight is 327 g/mol. The van der Waals surface area contributed by atoms with Crippen LogP contribution in [0.15, 0.2) is 16.6 Å². The molecule has 0 spiro atoms. The predicted molar refractivity (Wildman–Crippen MR) is 74.1 cm³/mol. The Hall–Kier alpha value is -1.34. The number of rotatable bonds is 3. The maximum Gasteiger partial charge on any atom is 0.233 e. The van der Waals surface area contributed by atoms with Crippen molar-refractivity contribution in [2.45, 2.75) is 13.3 Å². The number of H-pyrrole nitrogens is 1. The summed E-state index contributed by atoms with van der Waals surface area (Å²) in [7, 11) is 1.55. The quantitative estimate of drug-likeness (QED) is 0.878. The first kappa shape index (κ1) is 13.1. The molecule has 0 aliphatic heterocycles. The van der Waals surface area contributed by atoms with Crippen LogP contribution in [0.1, 0.15) is 12.6 Å². The van der Waals surface area contributed by atoms with E-state index in [9.17, 15) is 0 Å². The summed E-state index contributed by atoms with van der Waals surface area (Å²) in [4.78, 5) is 7.47. The molecule has 0 saturated carbocycles. The Morgan fingerprint density at radius 1 is 1.39 bits per heavy atom. The Morgan fingerprint density at radius 3 is 2.72 bits per heavy atom. The van der Waals surface area contributed by atoms with Crippen molar-refractivity contribution in [2.24, 2.45) is 0 Å². The molecular weight excluding hydrogens is 316 g/mol. The van der Waals surface area contributed by atoms with Gasteiger partial charge in [0.1, 0.15) is 10.3 Å². The zero-order valence-electron chi connectivity index (χ0n) is 9.90. The molecule has 2 heterocycles. The van der Waals surface area contributed by atoms with Gasteiger partial charge in [-0.2, -0.15) is 0 Å². The third-order valence-corrected chi connectivity index (χ3v) is 3.79. The van der Waals surface area contributed by atoms with Crippen molar-refractivity contribution in [3.05, 3.63) is 26.9 Å². The average Bonchev–Trinajstić information content (AvgIpc) is 2.42. The van der Waals surface area contributed by atoms with Crippen molar-refractivity contribution in [1.82, 2.24) is 20.2 Å². The minimum atomic E-state index is 0.463. The second-order valence-electron chi connectivity index (χ2n) is 3.50. The monoisotopic (exact) mass is 326 g/mol. The van der Waals surface area contributed by atoms with Gasteiger partial charge in [-0.1, -0.05) is 19.1 Å². The molecule has 0 atom stereocenters. The van der Waals surface area contributed by atoms with Crippen molar-refractivity contribution >= 4 is 28.1 Å². The zero-order valence-corrected chi connectivity index (χ0v) is 12.3. The highest BCUT2D eigenvalue weighted by Crippen LogP contribution is 2.20. The summed E-state index contributed by atoms with van der Waals surface area (Å²) in [5.74, 6) is 1.07. The van der Waals surface area contributed by atoms with Gasteiger partial charge in [0.25, 0.3) is 0 Å². The van der Waals surface area contributed by atoms with E-state index in [1.165, 1.54) is 0 Å². The summed E-state index contributed by atoms with van der Waals surface area (Å²) in [5.41, 5.74) is 1.62. The molecule has 0 radical (unpaired) electrons. The van der Waals surface area contributed by atoms with Crippen LogP contribution < -0.4 is 4.74 Å². The fourth-order valence-corrected chi connectivity index (χ4v) is 2.11. The Kier molecular flexibility index (Phi) is 4.03. The summed E-state index contributed by atoms with van der Waals surface area (Å²) in [6.45, 7) is 2.04. The summed E-state index contributed by atoms with van der Waals surface area (Å²) < 4.78 is 6.30. The third kappa shape index (κ3) is 2.56. The lowest BCUT2D eigenvalue weighted by atomic mass is 10.3. The first-order chi connectivity index (χ1) is 8.65. The van der Waals surface area contributed by atoms with Crippen molar-refractivity contribution in [3.63, 3.8) is 0 Å². The third-order valence-electron chi connectivity index (χ3n) is 2.38. The van der Waals surface area contributed by atoms with Crippen LogP contribution in [0.2, 0.25) is 0 Å². The van der Waals surface area contributed by atoms with Gasteiger partial charge in [0.2, 0.25) is 5.88 Å². The molecule has 0 amide bonds. The van der Waals surface area contributed by atoms with Gasteiger partial charge in [0.15, 0.2) is 5.82 Å². The van der Waals surface area contributed by atoms with Crippen molar-refractivity contribution in [1.29, 1.82) is 0 Å². The number of nitrogens with zero attached hydrogens (tertiary/aromatic N) is 3.